The second-order valence-electron chi connectivity index (χ2n) is 8.04. The normalized spacial score (nSPS) is 11.5. The number of benzene rings is 2. The van der Waals surface area contributed by atoms with Crippen molar-refractivity contribution in [3.63, 3.8) is 0 Å². The molecule has 2 aromatic carbocycles. The van der Waals surface area contributed by atoms with Crippen molar-refractivity contribution in [2.75, 3.05) is 4.72 Å². The van der Waals surface area contributed by atoms with Gasteiger partial charge in [0.1, 0.15) is 23.2 Å². The monoisotopic (exact) mass is 499 g/mol. The molecule has 4 rings (SSSR count). The third-order valence-electron chi connectivity index (χ3n) is 5.37. The number of aromatic nitrogens is 4. The van der Waals surface area contributed by atoms with E-state index in [1.54, 1.807) is 29.8 Å². The number of ether oxygens (including phenoxy) is 1. The lowest BCUT2D eigenvalue weighted by Gasteiger charge is -2.11. The van der Waals surface area contributed by atoms with Crippen LogP contribution in [0.25, 0.3) is 5.82 Å². The maximum Gasteiger partial charge on any atom is 0.237 e. The van der Waals surface area contributed by atoms with Gasteiger partial charge in [-0.25, -0.2) is 26.9 Å². The third-order valence-corrected chi connectivity index (χ3v) is 6.61. The fourth-order valence-corrected chi connectivity index (χ4v) is 4.61. The van der Waals surface area contributed by atoms with Crippen LogP contribution in [-0.2, 0) is 15.8 Å². The van der Waals surface area contributed by atoms with Gasteiger partial charge >= 0.3 is 0 Å². The fraction of sp³-hybridized carbons (Fsp3) is 0.208. The molecule has 0 saturated carbocycles. The summed E-state index contributed by atoms with van der Waals surface area (Å²) in [6.45, 7) is 7.61. The number of hydrogen-bond acceptors (Lipinski definition) is 6. The van der Waals surface area contributed by atoms with Crippen molar-refractivity contribution in [3.05, 3.63) is 88.5 Å². The lowest BCUT2D eigenvalue weighted by atomic mass is 10.2. The first-order valence-electron chi connectivity index (χ1n) is 10.6. The van der Waals surface area contributed by atoms with Gasteiger partial charge in [-0.05, 0) is 75.7 Å². The molecule has 1 N–H and O–H groups in total. The SMILES string of the molecule is Cc1nc(Oc2ccc(NS(=O)(=O)Cc3cc(F)ccc3F)cc2)cc(-n2nc(C)c(C)c2C)n1. The second kappa shape index (κ2) is 9.41. The number of sulfonamides is 1. The van der Waals surface area contributed by atoms with Gasteiger partial charge in [-0.15, -0.1) is 0 Å². The molecule has 0 unspecified atom stereocenters. The topological polar surface area (TPSA) is 99.0 Å². The summed E-state index contributed by atoms with van der Waals surface area (Å²) in [6.07, 6.45) is 0. The van der Waals surface area contributed by atoms with Crippen LogP contribution in [0.1, 0.15) is 28.3 Å². The molecule has 0 atom stereocenters. The summed E-state index contributed by atoms with van der Waals surface area (Å²) in [4.78, 5) is 8.75. The first kappa shape index (κ1) is 24.3. The van der Waals surface area contributed by atoms with E-state index in [0.29, 0.717) is 23.3 Å². The number of nitrogens with zero attached hydrogens (tertiary/aromatic N) is 4. The Kier molecular flexibility index (Phi) is 6.53. The number of aryl methyl sites for hydroxylation is 2. The molecule has 0 bridgehead atoms. The Morgan fingerprint density at radius 2 is 1.69 bits per heavy atom. The van der Waals surface area contributed by atoms with Crippen LogP contribution in [-0.4, -0.2) is 28.2 Å². The van der Waals surface area contributed by atoms with Crippen LogP contribution in [0.4, 0.5) is 14.5 Å². The molecule has 8 nitrogen and oxygen atoms in total. The lowest BCUT2D eigenvalue weighted by Crippen LogP contribution is -2.16. The Bertz CT molecular complexity index is 1500. The summed E-state index contributed by atoms with van der Waals surface area (Å²) in [6, 6.07) is 10.5. The third kappa shape index (κ3) is 5.62. The molecule has 0 radical (unpaired) electrons. The molecule has 0 aliphatic heterocycles. The zero-order valence-electron chi connectivity index (χ0n) is 19.5. The highest BCUT2D eigenvalue weighted by Crippen LogP contribution is 2.25. The van der Waals surface area contributed by atoms with Crippen molar-refractivity contribution in [1.82, 2.24) is 19.7 Å². The molecular formula is C24H23F2N5O3S. The first-order valence-corrected chi connectivity index (χ1v) is 12.3. The van der Waals surface area contributed by atoms with Gasteiger partial charge in [-0.1, -0.05) is 0 Å². The average molecular weight is 500 g/mol. The van der Waals surface area contributed by atoms with Gasteiger partial charge < -0.3 is 4.74 Å². The van der Waals surface area contributed by atoms with E-state index in [2.05, 4.69) is 19.8 Å². The van der Waals surface area contributed by atoms with Gasteiger partial charge in [0.2, 0.25) is 15.9 Å². The smallest absolute Gasteiger partial charge is 0.237 e. The number of hydrogen-bond donors (Lipinski definition) is 1. The van der Waals surface area contributed by atoms with Crippen molar-refractivity contribution in [1.29, 1.82) is 0 Å². The fourth-order valence-electron chi connectivity index (χ4n) is 3.42. The predicted molar refractivity (Wildman–Crippen MR) is 127 cm³/mol. The van der Waals surface area contributed by atoms with Crippen LogP contribution in [0, 0.1) is 39.3 Å². The summed E-state index contributed by atoms with van der Waals surface area (Å²) in [5.41, 5.74) is 2.92. The van der Waals surface area contributed by atoms with Gasteiger partial charge in [0, 0.05) is 23.0 Å². The van der Waals surface area contributed by atoms with E-state index in [9.17, 15) is 17.2 Å². The lowest BCUT2D eigenvalue weighted by molar-refractivity contribution is 0.459. The second-order valence-corrected chi connectivity index (χ2v) is 9.76. The maximum atomic E-state index is 13.8. The molecule has 11 heteroatoms. The molecule has 0 aliphatic carbocycles. The van der Waals surface area contributed by atoms with Gasteiger partial charge in [-0.3, -0.25) is 4.72 Å². The highest BCUT2D eigenvalue weighted by Gasteiger charge is 2.16. The average Bonchev–Trinajstić information content (AvgIpc) is 3.04. The summed E-state index contributed by atoms with van der Waals surface area (Å²) < 4.78 is 61.9. The van der Waals surface area contributed by atoms with E-state index in [-0.39, 0.29) is 11.3 Å². The zero-order chi connectivity index (χ0) is 25.3. The van der Waals surface area contributed by atoms with Gasteiger partial charge in [0.15, 0.2) is 5.82 Å². The molecule has 0 amide bonds. The molecular weight excluding hydrogens is 476 g/mol. The van der Waals surface area contributed by atoms with E-state index in [0.717, 1.165) is 35.2 Å². The number of anilines is 1. The Labute approximate surface area is 201 Å². The van der Waals surface area contributed by atoms with Crippen LogP contribution >= 0.6 is 0 Å². The van der Waals surface area contributed by atoms with Crippen molar-refractivity contribution in [2.45, 2.75) is 33.4 Å². The quantitative estimate of drug-likeness (QED) is 0.388. The molecule has 2 aromatic heterocycles. The minimum Gasteiger partial charge on any atom is -0.439 e. The molecule has 35 heavy (non-hydrogen) atoms. The van der Waals surface area contributed by atoms with Crippen molar-refractivity contribution >= 4 is 15.7 Å². The Morgan fingerprint density at radius 1 is 0.971 bits per heavy atom. The van der Waals surface area contributed by atoms with E-state index >= 15 is 0 Å². The van der Waals surface area contributed by atoms with E-state index in [1.165, 1.54) is 12.1 Å². The summed E-state index contributed by atoms with van der Waals surface area (Å²) >= 11 is 0. The Balaban J connectivity index is 1.49. The molecule has 0 saturated heterocycles. The highest BCUT2D eigenvalue weighted by atomic mass is 32.2. The summed E-state index contributed by atoms with van der Waals surface area (Å²) in [5, 5.41) is 4.52. The van der Waals surface area contributed by atoms with Gasteiger partial charge in [-0.2, -0.15) is 10.1 Å². The van der Waals surface area contributed by atoms with Crippen LogP contribution in [0.2, 0.25) is 0 Å². The number of halogens is 2. The Hall–Kier alpha value is -3.86. The number of rotatable bonds is 7. The molecule has 182 valence electrons. The largest absolute Gasteiger partial charge is 0.439 e. The first-order chi connectivity index (χ1) is 16.5. The molecule has 0 aliphatic rings. The van der Waals surface area contributed by atoms with E-state index in [4.69, 9.17) is 4.74 Å². The van der Waals surface area contributed by atoms with Crippen molar-refractivity contribution in [3.8, 4) is 17.4 Å². The standard InChI is InChI=1S/C24H23F2N5O3S/c1-14-15(2)29-31(16(14)3)23-12-24(28-17(4)27-23)34-21-8-6-20(7-9-21)30-35(32,33)13-18-11-19(25)5-10-22(18)26/h5-12,30H,13H2,1-4H3. The van der Waals surface area contributed by atoms with Crippen molar-refractivity contribution < 1.29 is 21.9 Å². The molecule has 4 aromatic rings. The van der Waals surface area contributed by atoms with E-state index < -0.39 is 27.4 Å². The summed E-state index contributed by atoms with van der Waals surface area (Å²) in [5.74, 6) is -0.439. The van der Waals surface area contributed by atoms with Gasteiger partial charge in [0.05, 0.1) is 11.4 Å². The maximum absolute atomic E-state index is 13.8. The van der Waals surface area contributed by atoms with Crippen LogP contribution in [0.15, 0.2) is 48.5 Å². The minimum atomic E-state index is -3.97. The highest BCUT2D eigenvalue weighted by molar-refractivity contribution is 7.91. The number of nitrogens with one attached hydrogen (secondary N) is 1. The molecule has 0 spiro atoms. The van der Waals surface area contributed by atoms with Crippen LogP contribution in [0.3, 0.4) is 0 Å². The molecule has 0 fully saturated rings. The van der Waals surface area contributed by atoms with Crippen LogP contribution in [0.5, 0.6) is 11.6 Å². The van der Waals surface area contributed by atoms with Crippen molar-refractivity contribution in [2.24, 2.45) is 0 Å². The van der Waals surface area contributed by atoms with Crippen LogP contribution < -0.4 is 9.46 Å². The predicted octanol–water partition coefficient (Wildman–Crippen LogP) is 4.91. The van der Waals surface area contributed by atoms with Gasteiger partial charge in [0.25, 0.3) is 0 Å². The Morgan fingerprint density at radius 3 is 2.34 bits per heavy atom. The zero-order valence-corrected chi connectivity index (χ0v) is 20.3. The van der Waals surface area contributed by atoms with E-state index in [1.807, 2.05) is 20.8 Å². The minimum absolute atomic E-state index is 0.242. The molecule has 2 heterocycles. The summed E-state index contributed by atoms with van der Waals surface area (Å²) in [7, 11) is -3.97.